The summed E-state index contributed by atoms with van der Waals surface area (Å²) in [5.41, 5.74) is 0.129. The van der Waals surface area contributed by atoms with Gasteiger partial charge in [-0.3, -0.25) is 9.89 Å². The predicted molar refractivity (Wildman–Crippen MR) is 57.0 cm³/mol. The molecule has 0 fully saturated rings. The minimum Gasteiger partial charge on any atom is -0.334 e. The topological polar surface area (TPSA) is 76.7 Å². The molecule has 1 heterocycles. The van der Waals surface area contributed by atoms with Gasteiger partial charge in [0.05, 0.1) is 0 Å². The lowest BCUT2D eigenvalue weighted by Crippen LogP contribution is -2.32. The van der Waals surface area contributed by atoms with Crippen LogP contribution in [-0.4, -0.2) is 14.9 Å². The summed E-state index contributed by atoms with van der Waals surface area (Å²) in [5.74, 6) is 5.95. The van der Waals surface area contributed by atoms with Gasteiger partial charge in [-0.2, -0.15) is 9.77 Å². The van der Waals surface area contributed by atoms with E-state index >= 15 is 0 Å². The van der Waals surface area contributed by atoms with E-state index in [0.29, 0.717) is 18.0 Å². The molecule has 3 N–H and O–H groups in total. The molecule has 1 aromatic heterocycles. The largest absolute Gasteiger partial charge is 0.334 e. The van der Waals surface area contributed by atoms with E-state index < -0.39 is 0 Å². The second kappa shape index (κ2) is 4.36. The molecule has 0 saturated carbocycles. The molecule has 0 radical (unpaired) electrons. The number of aromatic nitrogens is 3. The molecule has 0 aliphatic heterocycles. The van der Waals surface area contributed by atoms with E-state index in [1.54, 1.807) is 0 Å². The van der Waals surface area contributed by atoms with Crippen LogP contribution in [-0.2, 0) is 6.42 Å². The van der Waals surface area contributed by atoms with Crippen molar-refractivity contribution in [2.45, 2.75) is 26.7 Å². The number of nitrogens with zero attached hydrogens (tertiary/aromatic N) is 2. The Morgan fingerprint density at radius 2 is 2.29 bits per heavy atom. The van der Waals surface area contributed by atoms with Crippen LogP contribution in [0.1, 0.15) is 26.0 Å². The highest BCUT2D eigenvalue weighted by atomic mass is 32.1. The van der Waals surface area contributed by atoms with Crippen LogP contribution < -0.4 is 11.4 Å². The molecule has 14 heavy (non-hydrogen) atoms. The van der Waals surface area contributed by atoms with E-state index in [0.717, 1.165) is 11.1 Å². The molecule has 0 saturated heterocycles. The Bertz CT molecular complexity index is 420. The third-order valence-corrected chi connectivity index (χ3v) is 2.22. The van der Waals surface area contributed by atoms with Crippen LogP contribution in [0.15, 0.2) is 4.79 Å². The third kappa shape index (κ3) is 2.41. The molecule has 0 aliphatic rings. The molecule has 0 aliphatic carbocycles. The number of nitrogens with one attached hydrogen (secondary N) is 1. The third-order valence-electron chi connectivity index (χ3n) is 1.93. The summed E-state index contributed by atoms with van der Waals surface area (Å²) < 4.78 is 1.06. The number of nitrogen functional groups attached to an aromatic ring is 1. The SMILES string of the molecule is CC(C)CCc1n[nH]c(=S)n(N)c1=O. The predicted octanol–water partition coefficient (Wildman–Crippen LogP) is 0.603. The second-order valence-corrected chi connectivity index (χ2v) is 3.97. The van der Waals surface area contributed by atoms with Gasteiger partial charge in [0.25, 0.3) is 5.56 Å². The minimum absolute atomic E-state index is 0.142. The number of aryl methyl sites for hydroxylation is 1. The second-order valence-electron chi connectivity index (χ2n) is 3.58. The van der Waals surface area contributed by atoms with Crippen molar-refractivity contribution in [3.05, 3.63) is 20.8 Å². The lowest BCUT2D eigenvalue weighted by Gasteiger charge is -2.04. The Labute approximate surface area is 86.9 Å². The fourth-order valence-electron chi connectivity index (χ4n) is 1.04. The molecule has 5 nitrogen and oxygen atoms in total. The number of aromatic amines is 1. The molecule has 1 aromatic rings. The number of H-pyrrole nitrogens is 1. The standard InChI is InChI=1S/C8H14N4OS/c1-5(2)3-4-6-7(13)12(9)8(14)11-10-6/h5H,3-4,9H2,1-2H3,(H,11,14). The average Bonchev–Trinajstić information content (AvgIpc) is 2.13. The van der Waals surface area contributed by atoms with E-state index in [4.69, 9.17) is 18.1 Å². The van der Waals surface area contributed by atoms with Crippen LogP contribution in [0.4, 0.5) is 0 Å². The zero-order valence-electron chi connectivity index (χ0n) is 8.28. The zero-order valence-corrected chi connectivity index (χ0v) is 9.10. The first-order valence-corrected chi connectivity index (χ1v) is 4.89. The van der Waals surface area contributed by atoms with E-state index in [1.165, 1.54) is 0 Å². The van der Waals surface area contributed by atoms with Crippen LogP contribution in [0.2, 0.25) is 0 Å². The van der Waals surface area contributed by atoms with Gasteiger partial charge in [0.2, 0.25) is 4.77 Å². The van der Waals surface area contributed by atoms with Gasteiger partial charge in [-0.25, -0.2) is 0 Å². The Hall–Kier alpha value is -1.17. The lowest BCUT2D eigenvalue weighted by atomic mass is 10.1. The van der Waals surface area contributed by atoms with Crippen molar-refractivity contribution in [2.75, 3.05) is 5.84 Å². The van der Waals surface area contributed by atoms with E-state index in [2.05, 4.69) is 24.0 Å². The van der Waals surface area contributed by atoms with E-state index in [1.807, 2.05) is 0 Å². The maximum Gasteiger partial charge on any atom is 0.294 e. The average molecular weight is 214 g/mol. The first-order chi connectivity index (χ1) is 6.52. The van der Waals surface area contributed by atoms with Crippen molar-refractivity contribution in [1.29, 1.82) is 0 Å². The van der Waals surface area contributed by atoms with Crippen molar-refractivity contribution >= 4 is 12.2 Å². The normalized spacial score (nSPS) is 10.8. The van der Waals surface area contributed by atoms with Crippen molar-refractivity contribution in [3.8, 4) is 0 Å². The summed E-state index contributed by atoms with van der Waals surface area (Å²) in [7, 11) is 0. The summed E-state index contributed by atoms with van der Waals surface area (Å²) in [4.78, 5) is 11.5. The van der Waals surface area contributed by atoms with Gasteiger partial charge in [0, 0.05) is 0 Å². The molecule has 0 aromatic carbocycles. The highest BCUT2D eigenvalue weighted by Crippen LogP contribution is 2.02. The van der Waals surface area contributed by atoms with E-state index in [-0.39, 0.29) is 10.3 Å². The lowest BCUT2D eigenvalue weighted by molar-refractivity contribution is 0.570. The van der Waals surface area contributed by atoms with Crippen LogP contribution in [0, 0.1) is 10.7 Å². The molecule has 1 rings (SSSR count). The summed E-state index contributed by atoms with van der Waals surface area (Å²) in [6.07, 6.45) is 1.53. The maximum absolute atomic E-state index is 11.5. The van der Waals surface area contributed by atoms with E-state index in [9.17, 15) is 4.79 Å². The van der Waals surface area contributed by atoms with Gasteiger partial charge in [-0.15, -0.1) is 0 Å². The highest BCUT2D eigenvalue weighted by molar-refractivity contribution is 7.71. The molecule has 0 bridgehead atoms. The van der Waals surface area contributed by atoms with Crippen LogP contribution >= 0.6 is 12.2 Å². The van der Waals surface area contributed by atoms with Crippen molar-refractivity contribution in [3.63, 3.8) is 0 Å². The van der Waals surface area contributed by atoms with Gasteiger partial charge in [-0.1, -0.05) is 13.8 Å². The first-order valence-electron chi connectivity index (χ1n) is 4.48. The zero-order chi connectivity index (χ0) is 10.7. The quantitative estimate of drug-likeness (QED) is 0.570. The highest BCUT2D eigenvalue weighted by Gasteiger charge is 2.05. The number of rotatable bonds is 3. The van der Waals surface area contributed by atoms with Gasteiger partial charge < -0.3 is 5.84 Å². The fraction of sp³-hybridized carbons (Fsp3) is 0.625. The molecule has 78 valence electrons. The van der Waals surface area contributed by atoms with Crippen molar-refractivity contribution in [1.82, 2.24) is 14.9 Å². The van der Waals surface area contributed by atoms with Crippen molar-refractivity contribution in [2.24, 2.45) is 5.92 Å². The Morgan fingerprint density at radius 3 is 2.86 bits per heavy atom. The molecular formula is C8H14N4OS. The van der Waals surface area contributed by atoms with Gasteiger partial charge in [0.15, 0.2) is 0 Å². The molecule has 0 spiro atoms. The number of hydrogen-bond donors (Lipinski definition) is 2. The minimum atomic E-state index is -0.311. The molecular weight excluding hydrogens is 200 g/mol. The molecule has 0 atom stereocenters. The fourth-order valence-corrected chi connectivity index (χ4v) is 1.17. The molecule has 0 unspecified atom stereocenters. The molecule has 6 heteroatoms. The summed E-state index contributed by atoms with van der Waals surface area (Å²) in [6.45, 7) is 4.18. The van der Waals surface area contributed by atoms with Crippen molar-refractivity contribution < 1.29 is 0 Å². The Morgan fingerprint density at radius 1 is 1.64 bits per heavy atom. The van der Waals surface area contributed by atoms with Crippen LogP contribution in [0.3, 0.4) is 0 Å². The van der Waals surface area contributed by atoms with Gasteiger partial charge >= 0.3 is 0 Å². The summed E-state index contributed by atoms with van der Waals surface area (Å²) in [6, 6.07) is 0. The summed E-state index contributed by atoms with van der Waals surface area (Å²) >= 11 is 4.76. The van der Waals surface area contributed by atoms with Crippen LogP contribution in [0.5, 0.6) is 0 Å². The van der Waals surface area contributed by atoms with Gasteiger partial charge in [0.1, 0.15) is 5.69 Å². The Balaban J connectivity index is 2.95. The maximum atomic E-state index is 11.5. The molecule has 0 amide bonds. The number of nitrogens with two attached hydrogens (primary N) is 1. The van der Waals surface area contributed by atoms with Gasteiger partial charge in [-0.05, 0) is 31.0 Å². The Kier molecular flexibility index (Phi) is 3.40. The smallest absolute Gasteiger partial charge is 0.294 e. The van der Waals surface area contributed by atoms with Crippen LogP contribution in [0.25, 0.3) is 0 Å². The first kappa shape index (κ1) is 10.9. The summed E-state index contributed by atoms with van der Waals surface area (Å²) in [5, 5.41) is 6.40. The monoisotopic (exact) mass is 214 g/mol. The number of hydrogen-bond acceptors (Lipinski definition) is 4.